The molecular weight excluding hydrogens is 250 g/mol. The largest absolute Gasteiger partial charge is 0.461 e. The van der Waals surface area contributed by atoms with Gasteiger partial charge in [0.2, 0.25) is 0 Å². The maximum Gasteiger partial charge on any atom is 0.415 e. The lowest BCUT2D eigenvalue weighted by atomic mass is 10.1. The average Bonchev–Trinajstić information content (AvgIpc) is 2.73. The number of cyclic esters (lactones) is 2. The molecule has 0 aliphatic carbocycles. The molecular formula is C13H13NO5. The first-order valence-electron chi connectivity index (χ1n) is 5.87. The number of rotatable bonds is 5. The van der Waals surface area contributed by atoms with Crippen LogP contribution in [-0.4, -0.2) is 24.1 Å². The first kappa shape index (κ1) is 13.1. The molecule has 1 aliphatic rings. The summed E-state index contributed by atoms with van der Waals surface area (Å²) in [7, 11) is 0. The fourth-order valence-corrected chi connectivity index (χ4v) is 1.66. The van der Waals surface area contributed by atoms with Crippen LogP contribution in [-0.2, 0) is 25.7 Å². The van der Waals surface area contributed by atoms with E-state index >= 15 is 0 Å². The molecule has 0 bridgehead atoms. The third-order valence-corrected chi connectivity index (χ3v) is 2.65. The molecule has 2 rings (SSSR count). The van der Waals surface area contributed by atoms with Crippen molar-refractivity contribution in [1.29, 1.82) is 0 Å². The molecule has 0 saturated carbocycles. The second-order valence-electron chi connectivity index (χ2n) is 4.09. The van der Waals surface area contributed by atoms with E-state index in [0.717, 1.165) is 5.56 Å². The zero-order valence-corrected chi connectivity index (χ0v) is 10.1. The van der Waals surface area contributed by atoms with Crippen molar-refractivity contribution in [2.24, 2.45) is 0 Å². The minimum Gasteiger partial charge on any atom is -0.461 e. The fourth-order valence-electron chi connectivity index (χ4n) is 1.66. The highest BCUT2D eigenvalue weighted by Gasteiger charge is 2.32. The summed E-state index contributed by atoms with van der Waals surface area (Å²) in [6, 6.07) is 8.53. The van der Waals surface area contributed by atoms with Crippen molar-refractivity contribution in [3.63, 3.8) is 0 Å². The average molecular weight is 263 g/mol. The SMILES string of the molecule is O=C(CCC1NC(=O)OC1=O)OCc1ccccc1. The standard InChI is InChI=1S/C13H13NO5/c15-11(18-8-9-4-2-1-3-5-9)7-6-10-12(16)19-13(17)14-10/h1-5,10H,6-8H2,(H,14,17). The van der Waals surface area contributed by atoms with Crippen LogP contribution in [0.3, 0.4) is 0 Å². The number of alkyl carbamates (subject to hydrolysis) is 1. The van der Waals surface area contributed by atoms with Gasteiger partial charge in [-0.15, -0.1) is 0 Å². The maximum atomic E-state index is 11.5. The monoisotopic (exact) mass is 263 g/mol. The molecule has 1 N–H and O–H groups in total. The second-order valence-corrected chi connectivity index (χ2v) is 4.09. The predicted octanol–water partition coefficient (Wildman–Crippen LogP) is 1.14. The van der Waals surface area contributed by atoms with E-state index in [0.29, 0.717) is 0 Å². The van der Waals surface area contributed by atoms with Gasteiger partial charge in [-0.25, -0.2) is 9.59 Å². The van der Waals surface area contributed by atoms with E-state index < -0.39 is 24.1 Å². The topological polar surface area (TPSA) is 81.7 Å². The van der Waals surface area contributed by atoms with Gasteiger partial charge in [0, 0.05) is 6.42 Å². The maximum absolute atomic E-state index is 11.5. The zero-order valence-electron chi connectivity index (χ0n) is 10.1. The zero-order chi connectivity index (χ0) is 13.7. The van der Waals surface area contributed by atoms with Gasteiger partial charge in [-0.2, -0.15) is 0 Å². The molecule has 1 fully saturated rings. The van der Waals surface area contributed by atoms with Crippen LogP contribution in [0.15, 0.2) is 30.3 Å². The smallest absolute Gasteiger partial charge is 0.415 e. The highest BCUT2D eigenvalue weighted by atomic mass is 16.6. The number of hydrogen-bond donors (Lipinski definition) is 1. The second kappa shape index (κ2) is 5.99. The molecule has 6 nitrogen and oxygen atoms in total. The van der Waals surface area contributed by atoms with Gasteiger partial charge in [-0.1, -0.05) is 30.3 Å². The highest BCUT2D eigenvalue weighted by Crippen LogP contribution is 2.08. The van der Waals surface area contributed by atoms with E-state index in [9.17, 15) is 14.4 Å². The quantitative estimate of drug-likeness (QED) is 0.636. The van der Waals surface area contributed by atoms with E-state index in [2.05, 4.69) is 10.1 Å². The molecule has 1 unspecified atom stereocenters. The predicted molar refractivity (Wildman–Crippen MR) is 63.9 cm³/mol. The molecule has 100 valence electrons. The van der Waals surface area contributed by atoms with Crippen LogP contribution in [0.2, 0.25) is 0 Å². The summed E-state index contributed by atoms with van der Waals surface area (Å²) in [6.45, 7) is 0.196. The van der Waals surface area contributed by atoms with Crippen LogP contribution in [0.25, 0.3) is 0 Å². The molecule has 1 saturated heterocycles. The van der Waals surface area contributed by atoms with Crippen LogP contribution >= 0.6 is 0 Å². The number of amides is 1. The van der Waals surface area contributed by atoms with E-state index in [1.54, 1.807) is 0 Å². The lowest BCUT2D eigenvalue weighted by molar-refractivity contribution is -0.145. The Labute approximate surface area is 109 Å². The van der Waals surface area contributed by atoms with Gasteiger partial charge in [0.25, 0.3) is 0 Å². The molecule has 19 heavy (non-hydrogen) atoms. The van der Waals surface area contributed by atoms with Crippen molar-refractivity contribution in [2.45, 2.75) is 25.5 Å². The van der Waals surface area contributed by atoms with Crippen molar-refractivity contribution in [3.05, 3.63) is 35.9 Å². The lowest BCUT2D eigenvalue weighted by Gasteiger charge is -2.06. The summed E-state index contributed by atoms with van der Waals surface area (Å²) in [5, 5.41) is 2.31. The van der Waals surface area contributed by atoms with Gasteiger partial charge in [0.05, 0.1) is 0 Å². The minimum absolute atomic E-state index is 0.0485. The molecule has 1 aliphatic heterocycles. The molecule has 6 heteroatoms. The number of esters is 2. The first-order valence-corrected chi connectivity index (χ1v) is 5.87. The Kier molecular flexibility index (Phi) is 4.12. The molecule has 0 aromatic heterocycles. The molecule has 0 radical (unpaired) electrons. The molecule has 1 aromatic rings. The number of nitrogens with one attached hydrogen (secondary N) is 1. The van der Waals surface area contributed by atoms with Gasteiger partial charge < -0.3 is 14.8 Å². The van der Waals surface area contributed by atoms with Crippen molar-refractivity contribution < 1.29 is 23.9 Å². The third-order valence-electron chi connectivity index (χ3n) is 2.65. The van der Waals surface area contributed by atoms with Crippen LogP contribution in [0.4, 0.5) is 4.79 Å². The number of hydrogen-bond acceptors (Lipinski definition) is 5. The first-order chi connectivity index (χ1) is 9.15. The van der Waals surface area contributed by atoms with Crippen molar-refractivity contribution in [3.8, 4) is 0 Å². The highest BCUT2D eigenvalue weighted by molar-refractivity contribution is 5.95. The summed E-state index contributed by atoms with van der Waals surface area (Å²) in [5.41, 5.74) is 0.893. The van der Waals surface area contributed by atoms with Gasteiger partial charge >= 0.3 is 18.0 Å². The lowest BCUT2D eigenvalue weighted by Crippen LogP contribution is -2.29. The Morgan fingerprint density at radius 2 is 2.00 bits per heavy atom. The summed E-state index contributed by atoms with van der Waals surface area (Å²) in [4.78, 5) is 33.3. The summed E-state index contributed by atoms with van der Waals surface area (Å²) < 4.78 is 9.34. The minimum atomic E-state index is -0.771. The summed E-state index contributed by atoms with van der Waals surface area (Å²) >= 11 is 0. The number of carbonyl (C=O) groups is 3. The number of benzene rings is 1. The number of carbonyl (C=O) groups excluding carboxylic acids is 3. The van der Waals surface area contributed by atoms with Crippen LogP contribution in [0.1, 0.15) is 18.4 Å². The van der Waals surface area contributed by atoms with Gasteiger partial charge in [0.15, 0.2) is 0 Å². The Bertz CT molecular complexity index is 485. The molecule has 1 atom stereocenters. The van der Waals surface area contributed by atoms with E-state index in [1.165, 1.54) is 0 Å². The van der Waals surface area contributed by atoms with Crippen LogP contribution in [0.5, 0.6) is 0 Å². The van der Waals surface area contributed by atoms with E-state index in [-0.39, 0.29) is 19.4 Å². The normalized spacial score (nSPS) is 17.8. The molecule has 1 aromatic carbocycles. The Hall–Kier alpha value is -2.37. The Morgan fingerprint density at radius 3 is 2.63 bits per heavy atom. The van der Waals surface area contributed by atoms with Crippen LogP contribution in [0, 0.1) is 0 Å². The van der Waals surface area contributed by atoms with E-state index in [1.807, 2.05) is 30.3 Å². The molecule has 1 heterocycles. The molecule has 0 spiro atoms. The van der Waals surface area contributed by atoms with Crippen molar-refractivity contribution >= 4 is 18.0 Å². The van der Waals surface area contributed by atoms with Crippen LogP contribution < -0.4 is 5.32 Å². The Balaban J connectivity index is 1.70. The third kappa shape index (κ3) is 3.80. The van der Waals surface area contributed by atoms with Crippen molar-refractivity contribution in [1.82, 2.24) is 5.32 Å². The summed E-state index contributed by atoms with van der Waals surface area (Å²) in [5.74, 6) is -1.07. The van der Waals surface area contributed by atoms with Gasteiger partial charge in [-0.3, -0.25) is 4.79 Å². The van der Waals surface area contributed by atoms with Gasteiger partial charge in [-0.05, 0) is 12.0 Å². The number of ether oxygens (including phenoxy) is 2. The van der Waals surface area contributed by atoms with E-state index in [4.69, 9.17) is 4.74 Å². The Morgan fingerprint density at radius 1 is 1.26 bits per heavy atom. The fraction of sp³-hybridized carbons (Fsp3) is 0.308. The van der Waals surface area contributed by atoms with Crippen molar-refractivity contribution in [2.75, 3.05) is 0 Å². The molecule has 1 amide bonds. The summed E-state index contributed by atoms with van der Waals surface area (Å²) in [6.07, 6.45) is -0.543. The van der Waals surface area contributed by atoms with Gasteiger partial charge in [0.1, 0.15) is 12.6 Å².